The number of hydrogen-bond donors (Lipinski definition) is 2. The number of aliphatic hydroxyl groups is 1. The zero-order valence-corrected chi connectivity index (χ0v) is 12.2. The number of nitrogens with one attached hydrogen (secondary N) is 1. The van der Waals surface area contributed by atoms with Crippen LogP contribution in [-0.4, -0.2) is 68.1 Å². The van der Waals surface area contributed by atoms with E-state index in [2.05, 4.69) is 9.62 Å². The lowest BCUT2D eigenvalue weighted by Crippen LogP contribution is -2.47. The Morgan fingerprint density at radius 1 is 1.11 bits per heavy atom. The van der Waals surface area contributed by atoms with E-state index in [1.165, 1.54) is 4.31 Å². The van der Waals surface area contributed by atoms with Crippen molar-refractivity contribution in [2.24, 2.45) is 0 Å². The van der Waals surface area contributed by atoms with E-state index >= 15 is 0 Å². The van der Waals surface area contributed by atoms with Crippen molar-refractivity contribution in [3.05, 3.63) is 0 Å². The summed E-state index contributed by atoms with van der Waals surface area (Å²) in [5.74, 6) is 0. The molecular formula is C12H25N3O3S. The van der Waals surface area contributed by atoms with Gasteiger partial charge in [0.05, 0.1) is 6.61 Å². The summed E-state index contributed by atoms with van der Waals surface area (Å²) in [4.78, 5) is 2.19. The van der Waals surface area contributed by atoms with E-state index in [1.54, 1.807) is 0 Å². The lowest BCUT2D eigenvalue weighted by molar-refractivity contribution is 0.0922. The number of likely N-dealkylation sites (tertiary alicyclic amines) is 1. The van der Waals surface area contributed by atoms with Crippen LogP contribution in [0, 0.1) is 0 Å². The van der Waals surface area contributed by atoms with E-state index in [0.717, 1.165) is 38.6 Å². The number of hydrogen-bond acceptors (Lipinski definition) is 4. The highest BCUT2D eigenvalue weighted by molar-refractivity contribution is 7.87. The molecule has 2 aliphatic heterocycles. The molecule has 2 heterocycles. The molecule has 0 amide bonds. The molecule has 0 aromatic carbocycles. The Labute approximate surface area is 116 Å². The summed E-state index contributed by atoms with van der Waals surface area (Å²) in [6.07, 6.45) is 5.21. The number of nitrogens with zero attached hydrogens (tertiary/aromatic N) is 2. The molecule has 1 unspecified atom stereocenters. The van der Waals surface area contributed by atoms with E-state index in [0.29, 0.717) is 26.2 Å². The summed E-state index contributed by atoms with van der Waals surface area (Å²) in [6.45, 7) is 3.50. The molecule has 2 N–H and O–H groups in total. The van der Waals surface area contributed by atoms with Crippen molar-refractivity contribution in [3.8, 4) is 0 Å². The van der Waals surface area contributed by atoms with Gasteiger partial charge in [0.1, 0.15) is 0 Å². The quantitative estimate of drug-likeness (QED) is 0.709. The minimum absolute atomic E-state index is 0.166. The van der Waals surface area contributed by atoms with Crippen LogP contribution in [0.15, 0.2) is 0 Å². The van der Waals surface area contributed by atoms with Crippen molar-refractivity contribution in [1.29, 1.82) is 0 Å². The molecule has 19 heavy (non-hydrogen) atoms. The van der Waals surface area contributed by atoms with Gasteiger partial charge in [-0.1, -0.05) is 6.42 Å². The predicted molar refractivity (Wildman–Crippen MR) is 74.0 cm³/mol. The minimum Gasteiger partial charge on any atom is -0.395 e. The minimum atomic E-state index is -3.29. The van der Waals surface area contributed by atoms with Gasteiger partial charge in [0.2, 0.25) is 0 Å². The van der Waals surface area contributed by atoms with Crippen LogP contribution >= 0.6 is 0 Å². The van der Waals surface area contributed by atoms with Gasteiger partial charge in [-0.05, 0) is 32.2 Å². The summed E-state index contributed by atoms with van der Waals surface area (Å²) in [5, 5.41) is 9.30. The first-order chi connectivity index (χ1) is 9.13. The van der Waals surface area contributed by atoms with E-state index in [1.807, 2.05) is 0 Å². The Morgan fingerprint density at radius 2 is 1.79 bits per heavy atom. The maximum atomic E-state index is 12.0. The summed E-state index contributed by atoms with van der Waals surface area (Å²) >= 11 is 0. The lowest BCUT2D eigenvalue weighted by atomic mass is 10.0. The first kappa shape index (κ1) is 15.2. The van der Waals surface area contributed by atoms with Crippen molar-refractivity contribution in [2.75, 3.05) is 39.3 Å². The second-order valence-electron chi connectivity index (χ2n) is 5.37. The van der Waals surface area contributed by atoms with Gasteiger partial charge in [0.15, 0.2) is 0 Å². The summed E-state index contributed by atoms with van der Waals surface area (Å²) < 4.78 is 28.1. The van der Waals surface area contributed by atoms with Gasteiger partial charge >= 0.3 is 0 Å². The van der Waals surface area contributed by atoms with Crippen LogP contribution in [0.3, 0.4) is 0 Å². The number of piperidine rings is 1. The summed E-state index contributed by atoms with van der Waals surface area (Å²) in [7, 11) is -3.29. The Hall–Kier alpha value is -0.210. The fourth-order valence-electron chi connectivity index (χ4n) is 2.90. The lowest BCUT2D eigenvalue weighted by Gasteiger charge is -2.34. The van der Waals surface area contributed by atoms with Gasteiger partial charge in [-0.25, -0.2) is 4.72 Å². The zero-order valence-electron chi connectivity index (χ0n) is 11.4. The maximum absolute atomic E-state index is 12.0. The largest absolute Gasteiger partial charge is 0.395 e. The molecule has 0 aliphatic carbocycles. The van der Waals surface area contributed by atoms with Gasteiger partial charge in [-0.15, -0.1) is 0 Å². The third kappa shape index (κ3) is 4.13. The second kappa shape index (κ2) is 6.99. The smallest absolute Gasteiger partial charge is 0.279 e. The topological polar surface area (TPSA) is 72.9 Å². The first-order valence-corrected chi connectivity index (χ1v) is 8.67. The standard InChI is InChI=1S/C12H25N3O3S/c16-11-12-5-1-2-7-14(12)10-6-13-19(17,18)15-8-3-4-9-15/h12-13,16H,1-11H2. The monoisotopic (exact) mass is 291 g/mol. The van der Waals surface area contributed by atoms with Crippen molar-refractivity contribution in [1.82, 2.24) is 13.9 Å². The molecule has 0 spiro atoms. The van der Waals surface area contributed by atoms with Crippen LogP contribution in [0.1, 0.15) is 32.1 Å². The van der Waals surface area contributed by atoms with Crippen LogP contribution in [-0.2, 0) is 10.2 Å². The molecule has 2 saturated heterocycles. The fourth-order valence-corrected chi connectivity index (χ4v) is 4.17. The Morgan fingerprint density at radius 3 is 2.47 bits per heavy atom. The van der Waals surface area contributed by atoms with Crippen molar-refractivity contribution < 1.29 is 13.5 Å². The highest BCUT2D eigenvalue weighted by atomic mass is 32.2. The van der Waals surface area contributed by atoms with Crippen LogP contribution in [0.4, 0.5) is 0 Å². The molecule has 0 bridgehead atoms. The Balaban J connectivity index is 1.75. The van der Waals surface area contributed by atoms with Crippen molar-refractivity contribution >= 4 is 10.2 Å². The Kier molecular flexibility index (Phi) is 5.58. The summed E-state index contributed by atoms with van der Waals surface area (Å²) in [6, 6.07) is 0.199. The maximum Gasteiger partial charge on any atom is 0.279 e. The molecule has 112 valence electrons. The molecule has 0 saturated carbocycles. The average Bonchev–Trinajstić information content (AvgIpc) is 2.94. The molecular weight excluding hydrogens is 266 g/mol. The van der Waals surface area contributed by atoms with E-state index in [-0.39, 0.29) is 12.6 Å². The number of aliphatic hydroxyl groups excluding tert-OH is 1. The van der Waals surface area contributed by atoms with Gasteiger partial charge in [-0.3, -0.25) is 4.90 Å². The van der Waals surface area contributed by atoms with E-state index < -0.39 is 10.2 Å². The molecule has 0 radical (unpaired) electrons. The SMILES string of the molecule is O=S(=O)(NCCN1CCCCC1CO)N1CCCC1. The van der Waals surface area contributed by atoms with Crippen LogP contribution in [0.5, 0.6) is 0 Å². The van der Waals surface area contributed by atoms with Gasteiger partial charge in [-0.2, -0.15) is 12.7 Å². The third-order valence-corrected chi connectivity index (χ3v) is 5.66. The molecule has 2 fully saturated rings. The van der Waals surface area contributed by atoms with Crippen LogP contribution in [0.2, 0.25) is 0 Å². The predicted octanol–water partition coefficient (Wildman–Crippen LogP) is -0.237. The Bertz CT molecular complexity index is 368. The zero-order chi connectivity index (χ0) is 13.7. The van der Waals surface area contributed by atoms with Crippen LogP contribution < -0.4 is 4.72 Å². The molecule has 6 nitrogen and oxygen atoms in total. The molecule has 7 heteroatoms. The second-order valence-corrected chi connectivity index (χ2v) is 7.13. The van der Waals surface area contributed by atoms with Gasteiger partial charge < -0.3 is 5.11 Å². The van der Waals surface area contributed by atoms with Crippen molar-refractivity contribution in [2.45, 2.75) is 38.1 Å². The van der Waals surface area contributed by atoms with E-state index in [9.17, 15) is 13.5 Å². The highest BCUT2D eigenvalue weighted by Crippen LogP contribution is 2.16. The molecule has 2 rings (SSSR count). The van der Waals surface area contributed by atoms with Crippen molar-refractivity contribution in [3.63, 3.8) is 0 Å². The van der Waals surface area contributed by atoms with Gasteiger partial charge in [0, 0.05) is 32.2 Å². The average molecular weight is 291 g/mol. The fraction of sp³-hybridized carbons (Fsp3) is 1.00. The molecule has 0 aromatic rings. The molecule has 2 aliphatic rings. The van der Waals surface area contributed by atoms with E-state index in [4.69, 9.17) is 0 Å². The normalized spacial score (nSPS) is 26.9. The number of rotatable bonds is 6. The highest BCUT2D eigenvalue weighted by Gasteiger charge is 2.26. The molecule has 1 atom stereocenters. The molecule has 0 aromatic heterocycles. The van der Waals surface area contributed by atoms with Gasteiger partial charge in [0.25, 0.3) is 10.2 Å². The third-order valence-electron chi connectivity index (χ3n) is 4.05. The summed E-state index contributed by atoms with van der Waals surface area (Å²) in [5.41, 5.74) is 0. The first-order valence-electron chi connectivity index (χ1n) is 7.23. The van der Waals surface area contributed by atoms with Crippen LogP contribution in [0.25, 0.3) is 0 Å².